The lowest BCUT2D eigenvalue weighted by Gasteiger charge is -2.20. The first kappa shape index (κ1) is 19.6. The first-order valence-electron chi connectivity index (χ1n) is 9.49. The first-order chi connectivity index (χ1) is 13.7. The Morgan fingerprint density at radius 2 is 1.83 bits per heavy atom. The van der Waals surface area contributed by atoms with Crippen LogP contribution in [-0.4, -0.2) is 20.4 Å². The van der Waals surface area contributed by atoms with Crippen LogP contribution in [0, 0.1) is 6.92 Å². The van der Waals surface area contributed by atoms with E-state index in [1.54, 1.807) is 12.3 Å². The molecule has 0 unspecified atom stereocenters. The van der Waals surface area contributed by atoms with Crippen LogP contribution < -0.4 is 5.56 Å². The van der Waals surface area contributed by atoms with Crippen LogP contribution >= 0.6 is 15.9 Å². The molecule has 0 radical (unpaired) electrons. The first-order valence-corrected chi connectivity index (χ1v) is 10.3. The normalized spacial score (nSPS) is 12.5. The highest BCUT2D eigenvalue weighted by molar-refractivity contribution is 9.10. The summed E-state index contributed by atoms with van der Waals surface area (Å²) < 4.78 is 4.42. The van der Waals surface area contributed by atoms with Crippen molar-refractivity contribution in [3.63, 3.8) is 0 Å². The van der Waals surface area contributed by atoms with Crippen molar-refractivity contribution in [3.8, 4) is 0 Å². The zero-order valence-electron chi connectivity index (χ0n) is 17.2. The Balaban J connectivity index is 1.98. The second kappa shape index (κ2) is 6.95. The van der Waals surface area contributed by atoms with Crippen LogP contribution in [0.4, 0.5) is 0 Å². The Bertz CT molecular complexity index is 1340. The molecule has 29 heavy (non-hydrogen) atoms. The Kier molecular flexibility index (Phi) is 4.69. The SMILES string of the molecule is Cc1c(C=Nn2c(C(C)(C)C)nc3ccc(Br)cc3c2=O)c2ccccc2n1C. The summed E-state index contributed by atoms with van der Waals surface area (Å²) in [5, 5.41) is 6.28. The molecule has 0 fully saturated rings. The molecule has 0 spiro atoms. The van der Waals surface area contributed by atoms with Gasteiger partial charge < -0.3 is 4.57 Å². The van der Waals surface area contributed by atoms with Gasteiger partial charge in [0.25, 0.3) is 5.56 Å². The number of halogens is 1. The number of hydrogen-bond acceptors (Lipinski definition) is 3. The van der Waals surface area contributed by atoms with Crippen molar-refractivity contribution < 1.29 is 0 Å². The molecule has 2 aromatic heterocycles. The zero-order chi connectivity index (χ0) is 20.9. The number of aromatic nitrogens is 3. The summed E-state index contributed by atoms with van der Waals surface area (Å²) >= 11 is 3.45. The van der Waals surface area contributed by atoms with E-state index in [4.69, 9.17) is 4.98 Å². The van der Waals surface area contributed by atoms with Gasteiger partial charge in [0, 0.05) is 39.1 Å². The van der Waals surface area contributed by atoms with Gasteiger partial charge in [0.05, 0.1) is 17.1 Å². The number of fused-ring (bicyclic) bond motifs is 2. The molecular weight excluding hydrogens is 428 g/mol. The number of rotatable bonds is 2. The van der Waals surface area contributed by atoms with E-state index in [1.807, 2.05) is 52.1 Å². The molecule has 6 heteroatoms. The summed E-state index contributed by atoms with van der Waals surface area (Å²) in [7, 11) is 2.04. The maximum absolute atomic E-state index is 13.3. The van der Waals surface area contributed by atoms with E-state index < -0.39 is 0 Å². The molecule has 0 amide bonds. The highest BCUT2D eigenvalue weighted by Crippen LogP contribution is 2.25. The van der Waals surface area contributed by atoms with Crippen LogP contribution in [0.25, 0.3) is 21.8 Å². The van der Waals surface area contributed by atoms with Crippen molar-refractivity contribution in [1.82, 2.24) is 14.2 Å². The predicted molar refractivity (Wildman–Crippen MR) is 123 cm³/mol. The van der Waals surface area contributed by atoms with Crippen LogP contribution in [0.15, 0.2) is 56.8 Å². The maximum Gasteiger partial charge on any atom is 0.282 e. The minimum Gasteiger partial charge on any atom is -0.347 e. The summed E-state index contributed by atoms with van der Waals surface area (Å²) in [5.74, 6) is 0.631. The molecule has 4 aromatic rings. The summed E-state index contributed by atoms with van der Waals surface area (Å²) in [4.78, 5) is 18.1. The van der Waals surface area contributed by atoms with Crippen molar-refractivity contribution in [1.29, 1.82) is 0 Å². The third kappa shape index (κ3) is 3.31. The average molecular weight is 451 g/mol. The highest BCUT2D eigenvalue weighted by Gasteiger charge is 2.23. The Morgan fingerprint density at radius 3 is 2.55 bits per heavy atom. The van der Waals surface area contributed by atoms with Crippen LogP contribution in [0.5, 0.6) is 0 Å². The molecule has 0 atom stereocenters. The Hall–Kier alpha value is -2.73. The standard InChI is InChI=1S/C23H23BrN4O/c1-14-18(16-8-6-7-9-20(16)27(14)5)13-25-28-21(29)17-12-15(24)10-11-19(17)26-22(28)23(2,3)4/h6-13H,1-5H3. The summed E-state index contributed by atoms with van der Waals surface area (Å²) in [6.07, 6.45) is 1.78. The molecule has 5 nitrogen and oxygen atoms in total. The molecule has 148 valence electrons. The molecular formula is C23H23BrN4O. The van der Waals surface area contributed by atoms with E-state index in [0.29, 0.717) is 16.7 Å². The van der Waals surface area contributed by atoms with Gasteiger partial charge in [-0.15, -0.1) is 0 Å². The van der Waals surface area contributed by atoms with Crippen LogP contribution in [-0.2, 0) is 12.5 Å². The quantitative estimate of drug-likeness (QED) is 0.397. The van der Waals surface area contributed by atoms with E-state index in [-0.39, 0.29) is 11.0 Å². The molecule has 2 heterocycles. The topological polar surface area (TPSA) is 52.2 Å². The van der Waals surface area contributed by atoms with Gasteiger partial charge in [0.1, 0.15) is 5.82 Å². The molecule has 0 saturated heterocycles. The average Bonchev–Trinajstić information content (AvgIpc) is 2.91. The molecule has 0 aliphatic heterocycles. The predicted octanol–water partition coefficient (Wildman–Crippen LogP) is 5.14. The molecule has 0 bridgehead atoms. The summed E-state index contributed by atoms with van der Waals surface area (Å²) in [6.45, 7) is 8.17. The molecule has 0 aliphatic rings. The van der Waals surface area contributed by atoms with Gasteiger partial charge in [-0.2, -0.15) is 9.78 Å². The molecule has 0 aliphatic carbocycles. The van der Waals surface area contributed by atoms with E-state index in [9.17, 15) is 4.79 Å². The third-order valence-electron chi connectivity index (χ3n) is 5.23. The van der Waals surface area contributed by atoms with Gasteiger partial charge in [-0.3, -0.25) is 4.79 Å². The molecule has 0 saturated carbocycles. The van der Waals surface area contributed by atoms with E-state index in [1.165, 1.54) is 4.68 Å². The highest BCUT2D eigenvalue weighted by atomic mass is 79.9. The summed E-state index contributed by atoms with van der Waals surface area (Å²) in [6, 6.07) is 13.8. The molecule has 2 aromatic carbocycles. The smallest absolute Gasteiger partial charge is 0.282 e. The van der Waals surface area contributed by atoms with Crippen LogP contribution in [0.3, 0.4) is 0 Å². The van der Waals surface area contributed by atoms with Crippen LogP contribution in [0.2, 0.25) is 0 Å². The Morgan fingerprint density at radius 1 is 1.10 bits per heavy atom. The zero-order valence-corrected chi connectivity index (χ0v) is 18.8. The number of aryl methyl sites for hydroxylation is 1. The summed E-state index contributed by atoms with van der Waals surface area (Å²) in [5.41, 5.74) is 3.40. The number of hydrogen-bond donors (Lipinski definition) is 0. The lowest BCUT2D eigenvalue weighted by molar-refractivity contribution is 0.506. The third-order valence-corrected chi connectivity index (χ3v) is 5.72. The van der Waals surface area contributed by atoms with Crippen molar-refractivity contribution in [2.75, 3.05) is 0 Å². The van der Waals surface area contributed by atoms with E-state index in [2.05, 4.69) is 44.7 Å². The van der Waals surface area contributed by atoms with Gasteiger partial charge >= 0.3 is 0 Å². The number of nitrogens with zero attached hydrogens (tertiary/aromatic N) is 4. The minimum absolute atomic E-state index is 0.171. The lowest BCUT2D eigenvalue weighted by atomic mass is 9.95. The van der Waals surface area contributed by atoms with Crippen molar-refractivity contribution in [2.45, 2.75) is 33.1 Å². The second-order valence-electron chi connectivity index (χ2n) is 8.28. The fourth-order valence-corrected chi connectivity index (χ4v) is 3.93. The van der Waals surface area contributed by atoms with Crippen molar-refractivity contribution in [3.05, 3.63) is 74.4 Å². The largest absolute Gasteiger partial charge is 0.347 e. The minimum atomic E-state index is -0.342. The monoisotopic (exact) mass is 450 g/mol. The number of para-hydroxylation sites is 1. The Labute approximate surface area is 177 Å². The van der Waals surface area contributed by atoms with Gasteiger partial charge in [-0.25, -0.2) is 4.98 Å². The van der Waals surface area contributed by atoms with Gasteiger partial charge in [0.2, 0.25) is 0 Å². The fraction of sp³-hybridized carbons (Fsp3) is 0.261. The number of benzene rings is 2. The van der Waals surface area contributed by atoms with Crippen molar-refractivity contribution >= 4 is 44.0 Å². The van der Waals surface area contributed by atoms with Crippen LogP contribution in [0.1, 0.15) is 37.9 Å². The molecule has 0 N–H and O–H groups in total. The van der Waals surface area contributed by atoms with E-state index in [0.717, 1.165) is 26.6 Å². The fourth-order valence-electron chi connectivity index (χ4n) is 3.57. The lowest BCUT2D eigenvalue weighted by Crippen LogP contribution is -2.29. The maximum atomic E-state index is 13.3. The van der Waals surface area contributed by atoms with Gasteiger partial charge in [-0.05, 0) is 31.2 Å². The van der Waals surface area contributed by atoms with Gasteiger partial charge in [-0.1, -0.05) is 54.9 Å². The van der Waals surface area contributed by atoms with Gasteiger partial charge in [0.15, 0.2) is 0 Å². The second-order valence-corrected chi connectivity index (χ2v) is 9.20. The van der Waals surface area contributed by atoms with Crippen molar-refractivity contribution in [2.24, 2.45) is 12.1 Å². The van der Waals surface area contributed by atoms with E-state index >= 15 is 0 Å². The molecule has 4 rings (SSSR count).